The van der Waals surface area contributed by atoms with Crippen LogP contribution in [0.5, 0.6) is 5.75 Å². The Labute approximate surface area is 115 Å². The van der Waals surface area contributed by atoms with Gasteiger partial charge in [0.1, 0.15) is 12.4 Å². The molecule has 0 aliphatic carbocycles. The number of pyridine rings is 1. The Hall–Kier alpha value is -1.39. The largest absolute Gasteiger partial charge is 0.488 e. The van der Waals surface area contributed by atoms with Crippen LogP contribution in [0.4, 0.5) is 0 Å². The number of aromatic nitrogens is 1. The molecule has 0 saturated heterocycles. The predicted molar refractivity (Wildman–Crippen MR) is 73.3 cm³/mol. The van der Waals surface area contributed by atoms with Gasteiger partial charge in [0.15, 0.2) is 0 Å². The zero-order valence-corrected chi connectivity index (χ0v) is 11.6. The molecule has 0 spiro atoms. The minimum Gasteiger partial charge on any atom is -0.488 e. The maximum Gasteiger partial charge on any atom is 0.125 e. The molecule has 0 fully saturated rings. The monoisotopic (exact) mass is 307 g/mol. The van der Waals surface area contributed by atoms with Gasteiger partial charge in [-0.15, -0.1) is 0 Å². The van der Waals surface area contributed by atoms with Crippen LogP contribution >= 0.6 is 15.9 Å². The van der Waals surface area contributed by atoms with Crippen LogP contribution in [-0.4, -0.2) is 10.1 Å². The second-order valence-corrected chi connectivity index (χ2v) is 4.92. The lowest BCUT2D eigenvalue weighted by molar-refractivity contribution is 0.190. The molecular formula is C14H14BrNO2. The maximum atomic E-state index is 9.71. The van der Waals surface area contributed by atoms with E-state index >= 15 is 0 Å². The third-order valence-corrected chi connectivity index (χ3v) is 3.03. The summed E-state index contributed by atoms with van der Waals surface area (Å²) in [7, 11) is 0. The predicted octanol–water partition coefficient (Wildman–Crippen LogP) is 3.48. The highest BCUT2D eigenvalue weighted by molar-refractivity contribution is 9.10. The molecule has 2 aromatic rings. The van der Waals surface area contributed by atoms with E-state index in [9.17, 15) is 5.11 Å². The van der Waals surface area contributed by atoms with Gasteiger partial charge in [-0.3, -0.25) is 4.98 Å². The summed E-state index contributed by atoms with van der Waals surface area (Å²) in [6.07, 6.45) is 2.93. The van der Waals surface area contributed by atoms with Crippen molar-refractivity contribution in [2.24, 2.45) is 0 Å². The van der Waals surface area contributed by atoms with Gasteiger partial charge in [-0.1, -0.05) is 22.0 Å². The normalized spacial score (nSPS) is 12.2. The zero-order valence-electron chi connectivity index (χ0n) is 10.0. The van der Waals surface area contributed by atoms with E-state index in [4.69, 9.17) is 4.74 Å². The third kappa shape index (κ3) is 3.31. The molecule has 2 rings (SSSR count). The highest BCUT2D eigenvalue weighted by Gasteiger charge is 2.10. The Kier molecular flexibility index (Phi) is 4.33. The quantitative estimate of drug-likeness (QED) is 0.940. The highest BCUT2D eigenvalue weighted by Crippen LogP contribution is 2.29. The Balaban J connectivity index is 2.14. The summed E-state index contributed by atoms with van der Waals surface area (Å²) < 4.78 is 6.64. The van der Waals surface area contributed by atoms with Gasteiger partial charge < -0.3 is 9.84 Å². The number of aliphatic hydroxyl groups is 1. The van der Waals surface area contributed by atoms with Crippen LogP contribution in [0.25, 0.3) is 0 Å². The molecule has 18 heavy (non-hydrogen) atoms. The minimum atomic E-state index is -0.564. The van der Waals surface area contributed by atoms with Gasteiger partial charge in [-0.05, 0) is 31.2 Å². The van der Waals surface area contributed by atoms with Crippen molar-refractivity contribution in [3.05, 3.63) is 58.3 Å². The molecule has 1 aromatic carbocycles. The molecule has 1 heterocycles. The van der Waals surface area contributed by atoms with Gasteiger partial charge in [0.25, 0.3) is 0 Å². The van der Waals surface area contributed by atoms with Gasteiger partial charge >= 0.3 is 0 Å². The van der Waals surface area contributed by atoms with Gasteiger partial charge in [0.2, 0.25) is 0 Å². The van der Waals surface area contributed by atoms with E-state index in [1.54, 1.807) is 19.3 Å². The van der Waals surface area contributed by atoms with E-state index in [0.29, 0.717) is 12.4 Å². The molecule has 0 bridgehead atoms. The number of rotatable bonds is 4. The van der Waals surface area contributed by atoms with Crippen molar-refractivity contribution in [2.45, 2.75) is 19.6 Å². The molecule has 0 aliphatic rings. The first-order valence-corrected chi connectivity index (χ1v) is 6.45. The van der Waals surface area contributed by atoms with Crippen LogP contribution in [-0.2, 0) is 6.61 Å². The van der Waals surface area contributed by atoms with Gasteiger partial charge in [-0.2, -0.15) is 0 Å². The number of ether oxygens (including phenoxy) is 1. The average molecular weight is 308 g/mol. The molecule has 0 unspecified atom stereocenters. The van der Waals surface area contributed by atoms with Crippen molar-refractivity contribution in [3.63, 3.8) is 0 Å². The molecular weight excluding hydrogens is 294 g/mol. The zero-order chi connectivity index (χ0) is 13.0. The van der Waals surface area contributed by atoms with Crippen LogP contribution in [0, 0.1) is 0 Å². The van der Waals surface area contributed by atoms with Crippen molar-refractivity contribution in [1.29, 1.82) is 0 Å². The Morgan fingerprint density at radius 1 is 1.39 bits per heavy atom. The number of nitrogens with zero attached hydrogens (tertiary/aromatic N) is 1. The molecule has 3 nitrogen and oxygen atoms in total. The molecule has 0 saturated carbocycles. The van der Waals surface area contributed by atoms with Crippen molar-refractivity contribution >= 4 is 15.9 Å². The van der Waals surface area contributed by atoms with E-state index in [2.05, 4.69) is 20.9 Å². The number of hydrogen-bond donors (Lipinski definition) is 1. The van der Waals surface area contributed by atoms with E-state index in [-0.39, 0.29) is 0 Å². The lowest BCUT2D eigenvalue weighted by Crippen LogP contribution is -2.01. The third-order valence-electron chi connectivity index (χ3n) is 2.54. The van der Waals surface area contributed by atoms with Gasteiger partial charge in [0, 0.05) is 28.0 Å². The fourth-order valence-corrected chi connectivity index (χ4v) is 2.00. The second-order valence-electron chi connectivity index (χ2n) is 4.01. The van der Waals surface area contributed by atoms with E-state index < -0.39 is 6.10 Å². The SMILES string of the molecule is C[C@H](O)c1cc(Br)ccc1OCc1cccnc1. The van der Waals surface area contributed by atoms with Crippen LogP contribution in [0.2, 0.25) is 0 Å². The smallest absolute Gasteiger partial charge is 0.125 e. The van der Waals surface area contributed by atoms with Gasteiger partial charge in [0.05, 0.1) is 6.10 Å². The first-order chi connectivity index (χ1) is 8.66. The molecule has 0 aliphatic heterocycles. The second kappa shape index (κ2) is 5.98. The standard InChI is InChI=1S/C14H14BrNO2/c1-10(17)13-7-12(15)4-5-14(13)18-9-11-3-2-6-16-8-11/h2-8,10,17H,9H2,1H3/t10-/m0/s1. The summed E-state index contributed by atoms with van der Waals surface area (Å²) >= 11 is 3.38. The number of benzene rings is 1. The fraction of sp³-hybridized carbons (Fsp3) is 0.214. The maximum absolute atomic E-state index is 9.71. The first-order valence-electron chi connectivity index (χ1n) is 5.66. The molecule has 94 valence electrons. The highest BCUT2D eigenvalue weighted by atomic mass is 79.9. The molecule has 4 heteroatoms. The number of aliphatic hydroxyl groups excluding tert-OH is 1. The minimum absolute atomic E-state index is 0.440. The summed E-state index contributed by atoms with van der Waals surface area (Å²) in [6, 6.07) is 9.43. The molecule has 0 amide bonds. The van der Waals surface area contributed by atoms with E-state index in [1.807, 2.05) is 30.3 Å². The Morgan fingerprint density at radius 2 is 2.22 bits per heavy atom. The fourth-order valence-electron chi connectivity index (χ4n) is 1.62. The van der Waals surface area contributed by atoms with Crippen LogP contribution in [0.1, 0.15) is 24.2 Å². The van der Waals surface area contributed by atoms with Crippen LogP contribution in [0.3, 0.4) is 0 Å². The van der Waals surface area contributed by atoms with E-state index in [1.165, 1.54) is 0 Å². The first kappa shape index (κ1) is 13.1. The van der Waals surface area contributed by atoms with Crippen molar-refractivity contribution in [3.8, 4) is 5.75 Å². The summed E-state index contributed by atoms with van der Waals surface area (Å²) in [5, 5.41) is 9.71. The Morgan fingerprint density at radius 3 is 2.89 bits per heavy atom. The summed E-state index contributed by atoms with van der Waals surface area (Å²) in [5.41, 5.74) is 1.77. The Bertz CT molecular complexity index is 514. The lowest BCUT2D eigenvalue weighted by Gasteiger charge is -2.13. The van der Waals surface area contributed by atoms with Crippen molar-refractivity contribution in [1.82, 2.24) is 4.98 Å². The lowest BCUT2D eigenvalue weighted by atomic mass is 10.1. The van der Waals surface area contributed by atoms with Crippen molar-refractivity contribution in [2.75, 3.05) is 0 Å². The number of halogens is 1. The van der Waals surface area contributed by atoms with E-state index in [0.717, 1.165) is 15.6 Å². The van der Waals surface area contributed by atoms with Crippen LogP contribution < -0.4 is 4.74 Å². The van der Waals surface area contributed by atoms with Gasteiger partial charge in [-0.25, -0.2) is 0 Å². The summed E-state index contributed by atoms with van der Waals surface area (Å²) in [6.45, 7) is 2.16. The summed E-state index contributed by atoms with van der Waals surface area (Å²) in [5.74, 6) is 0.692. The molecule has 1 atom stereocenters. The topological polar surface area (TPSA) is 42.4 Å². The molecule has 0 radical (unpaired) electrons. The molecule has 1 N–H and O–H groups in total. The average Bonchev–Trinajstić information content (AvgIpc) is 2.38. The molecule has 1 aromatic heterocycles. The number of hydrogen-bond acceptors (Lipinski definition) is 3. The van der Waals surface area contributed by atoms with Crippen molar-refractivity contribution < 1.29 is 9.84 Å². The van der Waals surface area contributed by atoms with Crippen LogP contribution in [0.15, 0.2) is 47.2 Å². The summed E-state index contributed by atoms with van der Waals surface area (Å²) in [4.78, 5) is 4.03.